The van der Waals surface area contributed by atoms with Crippen LogP contribution in [-0.2, 0) is 27.2 Å². The van der Waals surface area contributed by atoms with E-state index in [-0.39, 0.29) is 23.8 Å². The Kier molecular flexibility index (Phi) is 8.52. The standard InChI is InChI=1S/C29H37N7O5/c1-16(2)24(33-26(37)19-8-5-9-21(12-19)41-3)28(39)32-22-11-10-17-6-4-7-18-13-23(36(25(17)18)29(22)40)27(38)30-14-20-15-31-35-34-20/h4-9,12,16,20,22-24,31,34-35H,10-11,13-15H2,1-3H3,(H,30,38)(H,32,39)(H,33,37)/t20?,22-,23-,24-/m0/s1. The summed E-state index contributed by atoms with van der Waals surface area (Å²) in [5.41, 5.74) is 11.8. The van der Waals surface area contributed by atoms with Gasteiger partial charge >= 0.3 is 0 Å². The second-order valence-electron chi connectivity index (χ2n) is 11.0. The number of nitrogens with one attached hydrogen (secondary N) is 6. The van der Waals surface area contributed by atoms with E-state index >= 15 is 0 Å². The molecular weight excluding hydrogens is 526 g/mol. The largest absolute Gasteiger partial charge is 0.497 e. The summed E-state index contributed by atoms with van der Waals surface area (Å²) in [4.78, 5) is 55.4. The summed E-state index contributed by atoms with van der Waals surface area (Å²) in [6.07, 6.45) is 1.35. The number of aryl methyl sites for hydroxylation is 1. The van der Waals surface area contributed by atoms with E-state index in [0.717, 1.165) is 16.8 Å². The zero-order valence-corrected chi connectivity index (χ0v) is 23.5. The first kappa shape index (κ1) is 28.5. The number of para-hydroxylation sites is 1. The van der Waals surface area contributed by atoms with Crippen molar-refractivity contribution < 1.29 is 23.9 Å². The molecule has 12 nitrogen and oxygen atoms in total. The fourth-order valence-corrected chi connectivity index (χ4v) is 5.60. The van der Waals surface area contributed by atoms with E-state index in [2.05, 4.69) is 32.3 Å². The minimum atomic E-state index is -0.874. The van der Waals surface area contributed by atoms with Crippen LogP contribution in [0.15, 0.2) is 42.5 Å². The highest BCUT2D eigenvalue weighted by Gasteiger charge is 2.44. The number of hydrogen-bond acceptors (Lipinski definition) is 8. The molecule has 5 rings (SSSR count). The summed E-state index contributed by atoms with van der Waals surface area (Å²) in [5.74, 6) is -1.15. The van der Waals surface area contributed by atoms with Gasteiger partial charge in [-0.25, -0.2) is 10.9 Å². The fourth-order valence-electron chi connectivity index (χ4n) is 5.60. The highest BCUT2D eigenvalue weighted by atomic mass is 16.5. The number of hydrogen-bond donors (Lipinski definition) is 6. The molecule has 0 radical (unpaired) electrons. The van der Waals surface area contributed by atoms with Gasteiger partial charge in [0.2, 0.25) is 17.7 Å². The summed E-state index contributed by atoms with van der Waals surface area (Å²) in [5, 5.41) is 8.68. The van der Waals surface area contributed by atoms with Gasteiger partial charge in [0.1, 0.15) is 23.9 Å². The molecule has 1 unspecified atom stereocenters. The van der Waals surface area contributed by atoms with Crippen LogP contribution < -0.4 is 42.0 Å². The Balaban J connectivity index is 1.32. The maximum Gasteiger partial charge on any atom is 0.252 e. The zero-order chi connectivity index (χ0) is 29.1. The molecule has 0 spiro atoms. The number of ether oxygens (including phenoxy) is 1. The molecule has 3 aliphatic rings. The number of amides is 4. The van der Waals surface area contributed by atoms with Crippen molar-refractivity contribution in [2.75, 3.05) is 25.1 Å². The average Bonchev–Trinajstić information content (AvgIpc) is 3.61. The molecule has 3 aliphatic heterocycles. The van der Waals surface area contributed by atoms with E-state index in [9.17, 15) is 19.2 Å². The lowest BCUT2D eigenvalue weighted by atomic mass is 9.99. The van der Waals surface area contributed by atoms with Gasteiger partial charge in [-0.1, -0.05) is 38.1 Å². The molecule has 6 N–H and O–H groups in total. The molecule has 1 fully saturated rings. The molecule has 3 heterocycles. The topological polar surface area (TPSA) is 153 Å². The zero-order valence-electron chi connectivity index (χ0n) is 23.5. The van der Waals surface area contributed by atoms with E-state index in [1.165, 1.54) is 7.11 Å². The van der Waals surface area contributed by atoms with Crippen molar-refractivity contribution in [2.45, 2.75) is 57.3 Å². The number of benzene rings is 2. The molecule has 2 aromatic rings. The van der Waals surface area contributed by atoms with Crippen LogP contribution in [0.3, 0.4) is 0 Å². The molecule has 218 valence electrons. The molecule has 4 atom stereocenters. The van der Waals surface area contributed by atoms with Crippen molar-refractivity contribution in [1.82, 2.24) is 32.3 Å². The summed E-state index contributed by atoms with van der Waals surface area (Å²) in [6, 6.07) is 10.1. The first-order chi connectivity index (χ1) is 19.8. The van der Waals surface area contributed by atoms with Gasteiger partial charge in [-0.05, 0) is 48.1 Å². The van der Waals surface area contributed by atoms with Crippen LogP contribution in [0.2, 0.25) is 0 Å². The van der Waals surface area contributed by atoms with Crippen molar-refractivity contribution in [3.63, 3.8) is 0 Å². The van der Waals surface area contributed by atoms with Crippen molar-refractivity contribution in [2.24, 2.45) is 5.92 Å². The lowest BCUT2D eigenvalue weighted by Crippen LogP contribution is -2.58. The maximum absolute atomic E-state index is 14.0. The summed E-state index contributed by atoms with van der Waals surface area (Å²) >= 11 is 0. The van der Waals surface area contributed by atoms with Crippen LogP contribution >= 0.6 is 0 Å². The van der Waals surface area contributed by atoms with Gasteiger partial charge < -0.3 is 20.7 Å². The quantitative estimate of drug-likeness (QED) is 0.248. The van der Waals surface area contributed by atoms with E-state index in [4.69, 9.17) is 4.74 Å². The molecule has 0 bridgehead atoms. The first-order valence-electron chi connectivity index (χ1n) is 14.0. The van der Waals surface area contributed by atoms with E-state index < -0.39 is 29.9 Å². The maximum atomic E-state index is 14.0. The van der Waals surface area contributed by atoms with Crippen LogP contribution in [0.1, 0.15) is 41.8 Å². The molecule has 0 aromatic heterocycles. The number of carbonyl (C=O) groups is 4. The number of rotatable bonds is 9. The number of anilines is 1. The summed E-state index contributed by atoms with van der Waals surface area (Å²) in [6.45, 7) is 4.71. The smallest absolute Gasteiger partial charge is 0.252 e. The third-order valence-electron chi connectivity index (χ3n) is 7.83. The van der Waals surface area contributed by atoms with Gasteiger partial charge in [-0.15, -0.1) is 0 Å². The highest BCUT2D eigenvalue weighted by Crippen LogP contribution is 2.39. The Labute approximate surface area is 238 Å². The Morgan fingerprint density at radius 3 is 2.63 bits per heavy atom. The molecule has 41 heavy (non-hydrogen) atoms. The molecule has 0 aliphatic carbocycles. The van der Waals surface area contributed by atoms with Gasteiger partial charge in [-0.2, -0.15) is 5.53 Å². The highest BCUT2D eigenvalue weighted by molar-refractivity contribution is 6.08. The first-order valence-corrected chi connectivity index (χ1v) is 14.0. The fraction of sp³-hybridized carbons (Fsp3) is 0.448. The third-order valence-corrected chi connectivity index (χ3v) is 7.83. The molecule has 12 heteroatoms. The number of methoxy groups -OCH3 is 1. The molecule has 0 saturated carbocycles. The van der Waals surface area contributed by atoms with Gasteiger partial charge in [-0.3, -0.25) is 24.1 Å². The van der Waals surface area contributed by atoms with E-state index in [0.29, 0.717) is 43.7 Å². The van der Waals surface area contributed by atoms with Crippen LogP contribution in [0, 0.1) is 5.92 Å². The predicted molar refractivity (Wildman–Crippen MR) is 152 cm³/mol. The molecular formula is C29H37N7O5. The van der Waals surface area contributed by atoms with Gasteiger partial charge in [0.25, 0.3) is 5.91 Å². The predicted octanol–water partition coefficient (Wildman–Crippen LogP) is -0.0643. The number of hydrazine groups is 2. The SMILES string of the molecule is COc1cccc(C(=O)N[C@H](C(=O)N[C@H]2CCc3cccc4c3N(C2=O)[C@H](C(=O)NCC2CNNN2)C4)C(C)C)c1. The van der Waals surface area contributed by atoms with Gasteiger partial charge in [0.05, 0.1) is 18.8 Å². The summed E-state index contributed by atoms with van der Waals surface area (Å²) in [7, 11) is 1.52. The third kappa shape index (κ3) is 6.04. The van der Waals surface area contributed by atoms with Crippen molar-refractivity contribution in [3.8, 4) is 5.75 Å². The Bertz CT molecular complexity index is 1330. The van der Waals surface area contributed by atoms with E-state index in [1.54, 1.807) is 29.2 Å². The second kappa shape index (κ2) is 12.2. The molecule has 4 amide bonds. The minimum absolute atomic E-state index is 0.0188. The lowest BCUT2D eigenvalue weighted by Gasteiger charge is -2.29. The van der Waals surface area contributed by atoms with Crippen LogP contribution in [-0.4, -0.2) is 68.0 Å². The monoisotopic (exact) mass is 563 g/mol. The van der Waals surface area contributed by atoms with Gasteiger partial charge in [0.15, 0.2) is 0 Å². The Morgan fingerprint density at radius 2 is 1.90 bits per heavy atom. The number of carbonyl (C=O) groups excluding carboxylic acids is 4. The molecule has 2 aromatic carbocycles. The van der Waals surface area contributed by atoms with Crippen LogP contribution in [0.5, 0.6) is 5.75 Å². The Morgan fingerprint density at radius 1 is 1.12 bits per heavy atom. The Hall–Kier alpha value is -4.00. The summed E-state index contributed by atoms with van der Waals surface area (Å²) < 4.78 is 5.21. The van der Waals surface area contributed by atoms with Crippen LogP contribution in [0.25, 0.3) is 0 Å². The minimum Gasteiger partial charge on any atom is -0.497 e. The second-order valence-corrected chi connectivity index (χ2v) is 11.0. The average molecular weight is 564 g/mol. The van der Waals surface area contributed by atoms with Crippen molar-refractivity contribution >= 4 is 29.3 Å². The number of nitrogens with zero attached hydrogens (tertiary/aromatic N) is 1. The van der Waals surface area contributed by atoms with Gasteiger partial charge in [0, 0.05) is 25.1 Å². The van der Waals surface area contributed by atoms with Crippen LogP contribution in [0.4, 0.5) is 5.69 Å². The normalized spacial score (nSPS) is 22.1. The molecule has 1 saturated heterocycles. The lowest BCUT2D eigenvalue weighted by molar-refractivity contribution is -0.130. The van der Waals surface area contributed by atoms with Crippen molar-refractivity contribution in [1.29, 1.82) is 0 Å². The van der Waals surface area contributed by atoms with Crippen molar-refractivity contribution in [3.05, 3.63) is 59.2 Å². The van der Waals surface area contributed by atoms with E-state index in [1.807, 2.05) is 32.0 Å².